The highest BCUT2D eigenvalue weighted by atomic mass is 32.1. The first-order valence-electron chi connectivity index (χ1n) is 25.1. The zero-order valence-electron chi connectivity index (χ0n) is 38.3. The summed E-state index contributed by atoms with van der Waals surface area (Å²) >= 11 is 8.03. The van der Waals surface area contributed by atoms with Gasteiger partial charge in [0.15, 0.2) is 0 Å². The van der Waals surface area contributed by atoms with Crippen LogP contribution in [0.4, 0.5) is 0 Å². The van der Waals surface area contributed by atoms with Crippen LogP contribution in [0.5, 0.6) is 0 Å². The molecule has 0 unspecified atom stereocenters. The molecule has 0 aliphatic heterocycles. The molecule has 0 saturated heterocycles. The van der Waals surface area contributed by atoms with Crippen LogP contribution in [0.25, 0.3) is 40.4 Å². The summed E-state index contributed by atoms with van der Waals surface area (Å²) in [5.74, 6) is -0.236. The van der Waals surface area contributed by atoms with Crippen molar-refractivity contribution in [3.8, 4) is 0 Å². The zero-order chi connectivity index (χ0) is 41.8. The standard InChI is InChI=1S/C53H84O2S4/c1-5-9-12-14-16-18-20-22-24-26-28-30-32-34-36-38-43-45(40-11-7-3)56-50-48(43)58-53-51-49(59-52(50)53)44(46(57-51)41-42-47(54)55-8-4)39-37-35-33-31-29-27-25-23-21-19-17-15-13-10-6-2/h11,40-42H,5-10,12-39H2,1-4H3/b40-11+,42-41+. The van der Waals surface area contributed by atoms with Crippen LogP contribution in [-0.4, -0.2) is 12.6 Å². The number of hydrogen-bond donors (Lipinski definition) is 0. The van der Waals surface area contributed by atoms with Crippen molar-refractivity contribution >= 4 is 91.7 Å². The largest absolute Gasteiger partial charge is 0.463 e. The maximum atomic E-state index is 12.4. The number of allylic oxidation sites excluding steroid dienone is 1. The van der Waals surface area contributed by atoms with Gasteiger partial charge in [-0.25, -0.2) is 4.79 Å². The highest BCUT2D eigenvalue weighted by molar-refractivity contribution is 7.44. The SMILES string of the molecule is CC/C=C/c1sc2c(sc3c4sc(/C=C/C(=O)OCC)c(CCCCCCCCCCCCCCCCC)c4sc23)c1CCCCCCCCCCCCCCCCC. The highest BCUT2D eigenvalue weighted by Gasteiger charge is 2.23. The first kappa shape index (κ1) is 50.2. The number of carbonyl (C=O) groups excluding carboxylic acids is 1. The van der Waals surface area contributed by atoms with Crippen LogP contribution in [0, 0.1) is 0 Å². The van der Waals surface area contributed by atoms with E-state index in [4.69, 9.17) is 4.74 Å². The number of esters is 1. The first-order chi connectivity index (χ1) is 29.1. The van der Waals surface area contributed by atoms with Crippen LogP contribution in [0.2, 0.25) is 0 Å². The number of aryl methyl sites for hydroxylation is 2. The van der Waals surface area contributed by atoms with Crippen molar-refractivity contribution in [2.24, 2.45) is 0 Å². The lowest BCUT2D eigenvalue weighted by atomic mass is 10.0. The summed E-state index contributed by atoms with van der Waals surface area (Å²) in [6.45, 7) is 9.15. The molecule has 0 bridgehead atoms. The third kappa shape index (κ3) is 18.0. The summed E-state index contributed by atoms with van der Waals surface area (Å²) < 4.78 is 14.2. The number of unbranched alkanes of at least 4 members (excludes halogenated alkanes) is 28. The minimum Gasteiger partial charge on any atom is -0.463 e. The maximum absolute atomic E-state index is 12.4. The van der Waals surface area contributed by atoms with Gasteiger partial charge in [0.25, 0.3) is 0 Å². The van der Waals surface area contributed by atoms with Crippen molar-refractivity contribution in [2.45, 2.75) is 240 Å². The van der Waals surface area contributed by atoms with Gasteiger partial charge in [0, 0.05) is 15.8 Å². The monoisotopic (exact) mass is 881 g/mol. The highest BCUT2D eigenvalue weighted by Crippen LogP contribution is 2.53. The molecule has 0 fully saturated rings. The number of thiophene rings is 4. The molecule has 4 heterocycles. The number of carbonyl (C=O) groups is 1. The Hall–Kier alpha value is -1.47. The lowest BCUT2D eigenvalue weighted by Gasteiger charge is -2.04. The first-order valence-corrected chi connectivity index (χ1v) is 28.3. The molecule has 0 aliphatic rings. The van der Waals surface area contributed by atoms with E-state index in [0.29, 0.717) is 6.61 Å². The molecule has 0 radical (unpaired) electrons. The van der Waals surface area contributed by atoms with E-state index >= 15 is 0 Å². The fourth-order valence-corrected chi connectivity index (χ4v) is 14.8. The lowest BCUT2D eigenvalue weighted by molar-refractivity contribution is -0.137. The topological polar surface area (TPSA) is 26.3 Å². The molecular weight excluding hydrogens is 797 g/mol. The Morgan fingerprint density at radius 2 is 0.729 bits per heavy atom. The van der Waals surface area contributed by atoms with E-state index in [1.54, 1.807) is 16.3 Å². The minimum absolute atomic E-state index is 0.236. The average molecular weight is 882 g/mol. The second kappa shape index (κ2) is 31.4. The van der Waals surface area contributed by atoms with Crippen molar-refractivity contribution in [2.75, 3.05) is 6.61 Å². The van der Waals surface area contributed by atoms with E-state index in [9.17, 15) is 4.79 Å². The molecule has 4 aromatic rings. The molecule has 59 heavy (non-hydrogen) atoms. The molecule has 4 rings (SSSR count). The smallest absolute Gasteiger partial charge is 0.330 e. The van der Waals surface area contributed by atoms with Gasteiger partial charge >= 0.3 is 5.97 Å². The van der Waals surface area contributed by atoms with Crippen LogP contribution in [0.3, 0.4) is 0 Å². The van der Waals surface area contributed by atoms with Gasteiger partial charge in [-0.05, 0) is 62.3 Å². The van der Waals surface area contributed by atoms with Gasteiger partial charge in [-0.3, -0.25) is 0 Å². The van der Waals surface area contributed by atoms with Gasteiger partial charge in [0.05, 0.1) is 34.8 Å². The van der Waals surface area contributed by atoms with E-state index < -0.39 is 0 Å². The summed E-state index contributed by atoms with van der Waals surface area (Å²) in [6.07, 6.45) is 53.8. The van der Waals surface area contributed by atoms with E-state index in [2.05, 4.69) is 44.3 Å². The molecule has 0 saturated carbocycles. The summed E-state index contributed by atoms with van der Waals surface area (Å²) in [7, 11) is 0. The normalized spacial score (nSPS) is 12.3. The van der Waals surface area contributed by atoms with Gasteiger partial charge in [-0.15, -0.1) is 45.3 Å². The second-order valence-electron chi connectivity index (χ2n) is 17.4. The van der Waals surface area contributed by atoms with Gasteiger partial charge < -0.3 is 4.74 Å². The number of ether oxygens (including phenoxy) is 1. The second-order valence-corrected chi connectivity index (χ2v) is 21.5. The predicted molar refractivity (Wildman–Crippen MR) is 273 cm³/mol. The zero-order valence-corrected chi connectivity index (χ0v) is 41.6. The summed E-state index contributed by atoms with van der Waals surface area (Å²) in [4.78, 5) is 15.1. The predicted octanol–water partition coefficient (Wildman–Crippen LogP) is 20.2. The van der Waals surface area contributed by atoms with Gasteiger partial charge in [-0.2, -0.15) is 0 Å². The van der Waals surface area contributed by atoms with Crippen LogP contribution < -0.4 is 0 Å². The third-order valence-corrected chi connectivity index (χ3v) is 17.8. The summed E-state index contributed by atoms with van der Waals surface area (Å²) in [5.41, 5.74) is 3.06. The van der Waals surface area contributed by atoms with Crippen molar-refractivity contribution in [1.82, 2.24) is 0 Å². The van der Waals surface area contributed by atoms with Gasteiger partial charge in [0.2, 0.25) is 0 Å². The Bertz CT molecular complexity index is 1740. The molecule has 0 aromatic carbocycles. The van der Waals surface area contributed by atoms with Crippen molar-refractivity contribution < 1.29 is 9.53 Å². The molecule has 0 amide bonds. The van der Waals surface area contributed by atoms with Crippen LogP contribution >= 0.6 is 45.3 Å². The van der Waals surface area contributed by atoms with E-state index in [-0.39, 0.29) is 5.97 Å². The Labute approximate surface area is 378 Å². The molecular formula is C53H84O2S4. The van der Waals surface area contributed by atoms with Gasteiger partial charge in [0.1, 0.15) is 0 Å². The Morgan fingerprint density at radius 1 is 0.407 bits per heavy atom. The number of hydrogen-bond acceptors (Lipinski definition) is 6. The Kier molecular flexibility index (Phi) is 26.7. The van der Waals surface area contributed by atoms with Crippen LogP contribution in [0.1, 0.15) is 248 Å². The molecule has 2 nitrogen and oxygen atoms in total. The summed E-state index contributed by atoms with van der Waals surface area (Å²) in [5, 5.41) is 0. The molecule has 0 spiro atoms. The van der Waals surface area contributed by atoms with Gasteiger partial charge in [-0.1, -0.05) is 207 Å². The molecule has 6 heteroatoms. The van der Waals surface area contributed by atoms with Crippen molar-refractivity contribution in [3.63, 3.8) is 0 Å². The molecule has 4 aromatic heterocycles. The molecule has 0 atom stereocenters. The number of fused-ring (bicyclic) bond motifs is 5. The summed E-state index contributed by atoms with van der Waals surface area (Å²) in [6, 6.07) is 0. The quantitative estimate of drug-likeness (QED) is 0.0256. The van der Waals surface area contributed by atoms with Crippen LogP contribution in [-0.2, 0) is 22.4 Å². The van der Waals surface area contributed by atoms with E-state index in [1.807, 2.05) is 47.0 Å². The fourth-order valence-electron chi connectivity index (χ4n) is 8.69. The van der Waals surface area contributed by atoms with E-state index in [0.717, 1.165) is 12.8 Å². The van der Waals surface area contributed by atoms with Crippen LogP contribution in [0.15, 0.2) is 12.2 Å². The Morgan fingerprint density at radius 3 is 1.07 bits per heavy atom. The average Bonchev–Trinajstić information content (AvgIpc) is 3.96. The fraction of sp³-hybridized carbons (Fsp3) is 0.717. The van der Waals surface area contributed by atoms with Crippen molar-refractivity contribution in [1.29, 1.82) is 0 Å². The third-order valence-electron chi connectivity index (χ3n) is 12.2. The van der Waals surface area contributed by atoms with Crippen molar-refractivity contribution in [3.05, 3.63) is 33.0 Å². The number of rotatable bonds is 37. The minimum atomic E-state index is -0.236. The molecule has 0 N–H and O–H groups in total. The Balaban J connectivity index is 1.29. The lowest BCUT2D eigenvalue weighted by Crippen LogP contribution is -1.98. The van der Waals surface area contributed by atoms with E-state index in [1.165, 1.54) is 238 Å². The molecule has 332 valence electrons. The molecule has 0 aliphatic carbocycles. The maximum Gasteiger partial charge on any atom is 0.330 e.